The number of unbranched alkanes of at least 4 members (excludes halogenated alkanes) is 1. The maximum Gasteiger partial charge on any atom is 0.316 e. The van der Waals surface area contributed by atoms with Gasteiger partial charge in [0.2, 0.25) is 0 Å². The number of benzene rings is 1. The number of para-hydroxylation sites is 1. The number of amides is 2. The predicted molar refractivity (Wildman–Crippen MR) is 85.9 cm³/mol. The molecule has 5 heteroatoms. The number of nitrogens with zero attached hydrogens (tertiary/aromatic N) is 1. The number of rotatable bonds is 7. The number of hydrogen-bond donors (Lipinski definition) is 1. The lowest BCUT2D eigenvalue weighted by Crippen LogP contribution is -2.42. The molecule has 1 aromatic rings. The van der Waals surface area contributed by atoms with E-state index in [1.54, 1.807) is 4.90 Å². The molecule has 2 rings (SSSR count). The monoisotopic (exact) mass is 304 g/mol. The second-order valence-electron chi connectivity index (χ2n) is 5.41. The Hall–Kier alpha value is -1.88. The summed E-state index contributed by atoms with van der Waals surface area (Å²) in [6.45, 7) is 4.53. The third-order valence-corrected chi connectivity index (χ3v) is 3.72. The first-order valence-electron chi connectivity index (χ1n) is 7.99. The van der Waals surface area contributed by atoms with E-state index >= 15 is 0 Å². The minimum atomic E-state index is -0.537. The molecule has 1 heterocycles. The van der Waals surface area contributed by atoms with Gasteiger partial charge >= 0.3 is 11.8 Å². The fraction of sp³-hybridized carbons (Fsp3) is 0.529. The average Bonchev–Trinajstić information content (AvgIpc) is 2.97. The van der Waals surface area contributed by atoms with Crippen LogP contribution in [0.25, 0.3) is 0 Å². The van der Waals surface area contributed by atoms with E-state index < -0.39 is 11.8 Å². The van der Waals surface area contributed by atoms with Gasteiger partial charge in [-0.15, -0.1) is 0 Å². The van der Waals surface area contributed by atoms with Crippen molar-refractivity contribution in [2.75, 3.05) is 31.2 Å². The Morgan fingerprint density at radius 2 is 2.00 bits per heavy atom. The summed E-state index contributed by atoms with van der Waals surface area (Å²) in [7, 11) is 0. The lowest BCUT2D eigenvalue weighted by Gasteiger charge is -2.16. The molecule has 1 N–H and O–H groups in total. The maximum absolute atomic E-state index is 12.2. The Bertz CT molecular complexity index is 516. The normalized spacial score (nSPS) is 13.0. The quantitative estimate of drug-likeness (QED) is 0.618. The van der Waals surface area contributed by atoms with Gasteiger partial charge in [-0.2, -0.15) is 0 Å². The summed E-state index contributed by atoms with van der Waals surface area (Å²) >= 11 is 0. The summed E-state index contributed by atoms with van der Waals surface area (Å²) in [6.07, 6.45) is 3.70. The van der Waals surface area contributed by atoms with Crippen molar-refractivity contribution < 1.29 is 14.3 Å². The van der Waals surface area contributed by atoms with Crippen molar-refractivity contribution in [3.05, 3.63) is 29.8 Å². The van der Waals surface area contributed by atoms with E-state index in [9.17, 15) is 9.59 Å². The molecular weight excluding hydrogens is 280 g/mol. The van der Waals surface area contributed by atoms with Crippen LogP contribution in [0.1, 0.15) is 31.7 Å². The standard InChI is InChI=1S/C17H24N2O3/c1-2-3-12-22-13-6-10-18-16(20)17(21)19-11-9-14-7-4-5-8-15(14)19/h4-5,7-8H,2-3,6,9-13H2,1H3,(H,18,20). The molecule has 1 aliphatic rings. The number of fused-ring (bicyclic) bond motifs is 1. The molecule has 0 radical (unpaired) electrons. The van der Waals surface area contributed by atoms with E-state index in [0.29, 0.717) is 19.7 Å². The largest absolute Gasteiger partial charge is 0.381 e. The van der Waals surface area contributed by atoms with Gasteiger partial charge in [0.25, 0.3) is 0 Å². The van der Waals surface area contributed by atoms with Crippen LogP contribution in [-0.2, 0) is 20.7 Å². The third-order valence-electron chi connectivity index (χ3n) is 3.72. The predicted octanol–water partition coefficient (Wildman–Crippen LogP) is 1.90. The van der Waals surface area contributed by atoms with Crippen LogP contribution in [0.15, 0.2) is 24.3 Å². The maximum atomic E-state index is 12.2. The van der Waals surface area contributed by atoms with Crippen LogP contribution in [0.4, 0.5) is 5.69 Å². The highest BCUT2D eigenvalue weighted by molar-refractivity contribution is 6.40. The Morgan fingerprint density at radius 1 is 1.23 bits per heavy atom. The molecule has 0 saturated carbocycles. The van der Waals surface area contributed by atoms with Gasteiger partial charge in [0.15, 0.2) is 0 Å². The number of hydrogen-bond acceptors (Lipinski definition) is 3. The van der Waals surface area contributed by atoms with Crippen LogP contribution in [0.2, 0.25) is 0 Å². The van der Waals surface area contributed by atoms with E-state index in [2.05, 4.69) is 12.2 Å². The molecule has 0 unspecified atom stereocenters. The summed E-state index contributed by atoms with van der Waals surface area (Å²) in [6, 6.07) is 7.71. The van der Waals surface area contributed by atoms with Gasteiger partial charge in [0.05, 0.1) is 0 Å². The van der Waals surface area contributed by atoms with Crippen LogP contribution in [0, 0.1) is 0 Å². The molecule has 0 aliphatic carbocycles. The summed E-state index contributed by atoms with van der Waals surface area (Å²) in [5.41, 5.74) is 1.97. The zero-order valence-corrected chi connectivity index (χ0v) is 13.1. The van der Waals surface area contributed by atoms with Gasteiger partial charge in [-0.25, -0.2) is 0 Å². The number of carbonyl (C=O) groups excluding carboxylic acids is 2. The Labute approximate surface area is 131 Å². The molecule has 0 atom stereocenters. The molecule has 5 nitrogen and oxygen atoms in total. The number of ether oxygens (including phenoxy) is 1. The third kappa shape index (κ3) is 4.31. The highest BCUT2D eigenvalue weighted by Gasteiger charge is 2.28. The number of anilines is 1. The molecule has 0 spiro atoms. The van der Waals surface area contributed by atoms with Crippen LogP contribution < -0.4 is 10.2 Å². The van der Waals surface area contributed by atoms with E-state index in [-0.39, 0.29) is 0 Å². The lowest BCUT2D eigenvalue weighted by atomic mass is 10.2. The van der Waals surface area contributed by atoms with Crippen molar-refractivity contribution in [3.8, 4) is 0 Å². The molecule has 22 heavy (non-hydrogen) atoms. The molecule has 0 aromatic heterocycles. The SMILES string of the molecule is CCCCOCCCNC(=O)C(=O)N1CCc2ccccc21. The first-order chi connectivity index (χ1) is 10.7. The van der Waals surface area contributed by atoms with Gasteiger partial charge in [0.1, 0.15) is 0 Å². The smallest absolute Gasteiger partial charge is 0.316 e. The molecule has 2 amide bonds. The van der Waals surface area contributed by atoms with E-state index in [0.717, 1.165) is 43.5 Å². The zero-order chi connectivity index (χ0) is 15.8. The van der Waals surface area contributed by atoms with Crippen LogP contribution in [-0.4, -0.2) is 38.1 Å². The van der Waals surface area contributed by atoms with Crippen LogP contribution >= 0.6 is 0 Å². The summed E-state index contributed by atoms with van der Waals surface area (Å²) < 4.78 is 5.42. The van der Waals surface area contributed by atoms with Crippen molar-refractivity contribution in [1.82, 2.24) is 5.32 Å². The lowest BCUT2D eigenvalue weighted by molar-refractivity contribution is -0.137. The number of nitrogens with one attached hydrogen (secondary N) is 1. The minimum Gasteiger partial charge on any atom is -0.381 e. The first-order valence-corrected chi connectivity index (χ1v) is 7.99. The van der Waals surface area contributed by atoms with E-state index in [1.165, 1.54) is 0 Å². The fourth-order valence-corrected chi connectivity index (χ4v) is 2.47. The second-order valence-corrected chi connectivity index (χ2v) is 5.41. The van der Waals surface area contributed by atoms with Crippen molar-refractivity contribution in [1.29, 1.82) is 0 Å². The van der Waals surface area contributed by atoms with E-state index in [1.807, 2.05) is 24.3 Å². The molecular formula is C17H24N2O3. The Balaban J connectivity index is 1.71. The fourth-order valence-electron chi connectivity index (χ4n) is 2.47. The van der Waals surface area contributed by atoms with Crippen LogP contribution in [0.3, 0.4) is 0 Å². The Morgan fingerprint density at radius 3 is 2.82 bits per heavy atom. The highest BCUT2D eigenvalue weighted by atomic mass is 16.5. The van der Waals surface area contributed by atoms with Crippen molar-refractivity contribution in [3.63, 3.8) is 0 Å². The average molecular weight is 304 g/mol. The zero-order valence-electron chi connectivity index (χ0n) is 13.1. The summed E-state index contributed by atoms with van der Waals surface area (Å²) in [5, 5.41) is 2.67. The Kier molecular flexibility index (Phi) is 6.40. The van der Waals surface area contributed by atoms with Gasteiger partial charge < -0.3 is 15.0 Å². The highest BCUT2D eigenvalue weighted by Crippen LogP contribution is 2.27. The van der Waals surface area contributed by atoms with Crippen molar-refractivity contribution in [2.24, 2.45) is 0 Å². The molecule has 0 bridgehead atoms. The van der Waals surface area contributed by atoms with Crippen LogP contribution in [0.5, 0.6) is 0 Å². The molecule has 0 saturated heterocycles. The van der Waals surface area contributed by atoms with E-state index in [4.69, 9.17) is 4.74 Å². The summed E-state index contributed by atoms with van der Waals surface area (Å²) in [5.74, 6) is -1.01. The minimum absolute atomic E-state index is 0.464. The molecule has 120 valence electrons. The first kappa shape index (κ1) is 16.5. The second kappa shape index (κ2) is 8.54. The topological polar surface area (TPSA) is 58.6 Å². The van der Waals surface area contributed by atoms with Gasteiger partial charge in [0, 0.05) is 32.0 Å². The number of carbonyl (C=O) groups is 2. The van der Waals surface area contributed by atoms with Gasteiger partial charge in [-0.3, -0.25) is 9.59 Å². The molecule has 1 aromatic carbocycles. The van der Waals surface area contributed by atoms with Gasteiger partial charge in [-0.1, -0.05) is 31.5 Å². The van der Waals surface area contributed by atoms with Crippen molar-refractivity contribution >= 4 is 17.5 Å². The van der Waals surface area contributed by atoms with Gasteiger partial charge in [-0.05, 0) is 30.9 Å². The molecule has 1 aliphatic heterocycles. The molecule has 0 fully saturated rings. The van der Waals surface area contributed by atoms with Crippen molar-refractivity contribution in [2.45, 2.75) is 32.6 Å². The summed E-state index contributed by atoms with van der Waals surface area (Å²) in [4.78, 5) is 25.7.